The van der Waals surface area contributed by atoms with Crippen LogP contribution in [0.1, 0.15) is 33.1 Å². The van der Waals surface area contributed by atoms with E-state index in [1.807, 2.05) is 13.8 Å². The van der Waals surface area contributed by atoms with Gasteiger partial charge in [-0.3, -0.25) is 4.79 Å². The zero-order chi connectivity index (χ0) is 9.94. The molecule has 0 unspecified atom stereocenters. The molecule has 0 aliphatic carbocycles. The van der Waals surface area contributed by atoms with Gasteiger partial charge in [0.2, 0.25) is 0 Å². The molecule has 0 fully saturated rings. The molecule has 76 valence electrons. The van der Waals surface area contributed by atoms with Crippen LogP contribution in [0, 0.1) is 0 Å². The van der Waals surface area contributed by atoms with Crippen LogP contribution in [0.25, 0.3) is 0 Å². The summed E-state index contributed by atoms with van der Waals surface area (Å²) < 4.78 is 10.1. The average Bonchev–Trinajstić information content (AvgIpc) is 2.17. The van der Waals surface area contributed by atoms with E-state index in [2.05, 4.69) is 0 Å². The molecule has 0 N–H and O–H groups in total. The van der Waals surface area contributed by atoms with Crippen molar-refractivity contribution in [1.29, 1.82) is 0 Å². The van der Waals surface area contributed by atoms with Gasteiger partial charge in [0, 0.05) is 0 Å². The molecule has 0 atom stereocenters. The Morgan fingerprint density at radius 2 is 2.08 bits per heavy atom. The van der Waals surface area contributed by atoms with Crippen LogP contribution in [0.15, 0.2) is 11.8 Å². The van der Waals surface area contributed by atoms with Crippen LogP contribution in [0.3, 0.4) is 0 Å². The lowest BCUT2D eigenvalue weighted by Gasteiger charge is -2.04. The molecule has 0 aliphatic heterocycles. The Bertz CT molecular complexity index is 152. The van der Waals surface area contributed by atoms with Crippen molar-refractivity contribution in [2.45, 2.75) is 33.1 Å². The van der Waals surface area contributed by atoms with Gasteiger partial charge in [0.1, 0.15) is 0 Å². The number of hydrogen-bond acceptors (Lipinski definition) is 3. The first kappa shape index (κ1) is 12.2. The highest BCUT2D eigenvalue weighted by atomic mass is 16.7. The molecule has 0 aromatic carbocycles. The number of hydrogen-bond donors (Lipinski definition) is 0. The van der Waals surface area contributed by atoms with Crippen LogP contribution in [-0.2, 0) is 14.3 Å². The van der Waals surface area contributed by atoms with Gasteiger partial charge in [-0.2, -0.15) is 0 Å². The van der Waals surface area contributed by atoms with E-state index in [-0.39, 0.29) is 6.79 Å². The Morgan fingerprint density at radius 1 is 1.31 bits per heavy atom. The topological polar surface area (TPSA) is 35.5 Å². The Labute approximate surface area is 79.7 Å². The highest BCUT2D eigenvalue weighted by Crippen LogP contribution is 1.98. The van der Waals surface area contributed by atoms with Crippen molar-refractivity contribution in [3.63, 3.8) is 0 Å². The number of carbonyl (C=O) groups excluding carboxylic acids is 1. The third-order valence-corrected chi connectivity index (χ3v) is 1.41. The van der Waals surface area contributed by atoms with Gasteiger partial charge >= 0.3 is 0 Å². The highest BCUT2D eigenvalue weighted by molar-refractivity contribution is 5.69. The van der Waals surface area contributed by atoms with Crippen LogP contribution in [0.5, 0.6) is 0 Å². The van der Waals surface area contributed by atoms with E-state index in [4.69, 9.17) is 9.47 Å². The summed E-state index contributed by atoms with van der Waals surface area (Å²) in [4.78, 5) is 10.4. The number of ether oxygens (including phenoxy) is 2. The zero-order valence-electron chi connectivity index (χ0n) is 8.41. The minimum atomic E-state index is 0.169. The Balaban J connectivity index is 3.53. The van der Waals surface area contributed by atoms with E-state index >= 15 is 0 Å². The molecule has 3 nitrogen and oxygen atoms in total. The van der Waals surface area contributed by atoms with Crippen molar-refractivity contribution in [3.8, 4) is 0 Å². The number of unbranched alkanes of at least 4 members (excludes halogenated alkanes) is 1. The fourth-order valence-corrected chi connectivity index (χ4v) is 0.741. The lowest BCUT2D eigenvalue weighted by atomic mass is 10.3. The Morgan fingerprint density at radius 3 is 2.62 bits per heavy atom. The van der Waals surface area contributed by atoms with E-state index in [0.717, 1.165) is 19.3 Å². The van der Waals surface area contributed by atoms with Gasteiger partial charge in [-0.25, -0.2) is 0 Å². The van der Waals surface area contributed by atoms with Crippen LogP contribution >= 0.6 is 0 Å². The first-order valence-corrected chi connectivity index (χ1v) is 4.71. The quantitative estimate of drug-likeness (QED) is 0.192. The normalized spacial score (nSPS) is 11.4. The van der Waals surface area contributed by atoms with Crippen molar-refractivity contribution in [1.82, 2.24) is 0 Å². The van der Waals surface area contributed by atoms with Crippen LogP contribution < -0.4 is 0 Å². The van der Waals surface area contributed by atoms with E-state index in [1.54, 1.807) is 6.08 Å². The van der Waals surface area contributed by atoms with Crippen LogP contribution in [0.2, 0.25) is 0 Å². The van der Waals surface area contributed by atoms with Gasteiger partial charge in [0.05, 0.1) is 6.61 Å². The first-order chi connectivity index (χ1) is 6.35. The summed E-state index contributed by atoms with van der Waals surface area (Å²) in [6.45, 7) is 4.90. The smallest absolute Gasteiger partial charge is 0.189 e. The molecule has 13 heavy (non-hydrogen) atoms. The Kier molecular flexibility index (Phi) is 8.67. The molecule has 0 rings (SSSR count). The van der Waals surface area contributed by atoms with E-state index in [1.165, 1.54) is 0 Å². The maximum atomic E-state index is 10.4. The fourth-order valence-electron chi connectivity index (χ4n) is 0.741. The summed E-state index contributed by atoms with van der Waals surface area (Å²) >= 11 is 0. The summed E-state index contributed by atoms with van der Waals surface area (Å²) in [6, 6.07) is 0. The van der Waals surface area contributed by atoms with Crippen molar-refractivity contribution < 1.29 is 14.3 Å². The highest BCUT2D eigenvalue weighted by Gasteiger charge is 1.94. The molecular weight excluding hydrogens is 168 g/mol. The summed E-state index contributed by atoms with van der Waals surface area (Å²) in [6.07, 6.45) is 5.32. The molecule has 0 aliphatic rings. The first-order valence-electron chi connectivity index (χ1n) is 4.71. The Hall–Kier alpha value is -0.830. The van der Waals surface area contributed by atoms with E-state index < -0.39 is 0 Å². The van der Waals surface area contributed by atoms with Crippen molar-refractivity contribution in [3.05, 3.63) is 11.8 Å². The molecule has 0 radical (unpaired) electrons. The predicted octanol–water partition coefficient (Wildman–Crippen LogP) is 2.27. The molecule has 0 aromatic heterocycles. The second kappa shape index (κ2) is 9.26. The maximum Gasteiger partial charge on any atom is 0.189 e. The van der Waals surface area contributed by atoms with Gasteiger partial charge < -0.3 is 9.47 Å². The van der Waals surface area contributed by atoms with Gasteiger partial charge in [-0.1, -0.05) is 20.3 Å². The summed E-state index contributed by atoms with van der Waals surface area (Å²) in [5, 5.41) is 0. The predicted molar refractivity (Wildman–Crippen MR) is 51.3 cm³/mol. The number of carbonyl (C=O) groups is 1. The van der Waals surface area contributed by atoms with Gasteiger partial charge in [0.15, 0.2) is 18.8 Å². The third kappa shape index (κ3) is 7.53. The molecule has 0 spiro atoms. The molecule has 0 saturated heterocycles. The maximum absolute atomic E-state index is 10.4. The minimum Gasteiger partial charge on any atom is -0.464 e. The average molecular weight is 186 g/mol. The molecule has 0 aromatic rings. The summed E-state index contributed by atoms with van der Waals surface area (Å²) in [5.74, 6) is 0.373. The number of aldehydes is 1. The van der Waals surface area contributed by atoms with Crippen LogP contribution in [-0.4, -0.2) is 19.7 Å². The van der Waals surface area contributed by atoms with E-state index in [0.29, 0.717) is 18.7 Å². The van der Waals surface area contributed by atoms with Crippen molar-refractivity contribution >= 4 is 6.29 Å². The minimum absolute atomic E-state index is 0.169. The third-order valence-electron chi connectivity index (χ3n) is 1.41. The molecule has 0 amide bonds. The monoisotopic (exact) mass is 186 g/mol. The van der Waals surface area contributed by atoms with Crippen LogP contribution in [0.4, 0.5) is 0 Å². The SMILES string of the molecule is CCCC=C(C=O)OCOCCC. The van der Waals surface area contributed by atoms with Gasteiger partial charge in [-0.05, 0) is 18.9 Å². The fraction of sp³-hybridized carbons (Fsp3) is 0.700. The molecule has 0 saturated carbocycles. The lowest BCUT2D eigenvalue weighted by Crippen LogP contribution is -2.01. The number of allylic oxidation sites excluding steroid dienone is 2. The second-order valence-corrected chi connectivity index (χ2v) is 2.68. The van der Waals surface area contributed by atoms with Gasteiger partial charge in [-0.15, -0.1) is 0 Å². The second-order valence-electron chi connectivity index (χ2n) is 2.68. The molecule has 3 heteroatoms. The van der Waals surface area contributed by atoms with Crippen molar-refractivity contribution in [2.24, 2.45) is 0 Å². The number of rotatable bonds is 8. The molecule has 0 bridgehead atoms. The van der Waals surface area contributed by atoms with E-state index in [9.17, 15) is 4.79 Å². The zero-order valence-corrected chi connectivity index (χ0v) is 8.41. The largest absolute Gasteiger partial charge is 0.464 e. The van der Waals surface area contributed by atoms with Crippen molar-refractivity contribution in [2.75, 3.05) is 13.4 Å². The summed E-state index contributed by atoms with van der Waals surface area (Å²) in [7, 11) is 0. The molecule has 0 heterocycles. The standard InChI is InChI=1S/C10H18O3/c1-3-5-6-10(8-11)13-9-12-7-4-2/h6,8H,3-5,7,9H2,1-2H3. The molecular formula is C10H18O3. The summed E-state index contributed by atoms with van der Waals surface area (Å²) in [5.41, 5.74) is 0. The van der Waals surface area contributed by atoms with Gasteiger partial charge in [0.25, 0.3) is 0 Å². The lowest BCUT2D eigenvalue weighted by molar-refractivity contribution is -0.111.